The zero-order valence-electron chi connectivity index (χ0n) is 15.2. The first kappa shape index (κ1) is 19.8. The summed E-state index contributed by atoms with van der Waals surface area (Å²) in [4.78, 5) is 12.2. The molecule has 0 aliphatic rings. The number of amides is 1. The number of rotatable bonds is 7. The zero-order valence-corrected chi connectivity index (χ0v) is 16.8. The summed E-state index contributed by atoms with van der Waals surface area (Å²) in [6, 6.07) is 11.0. The summed E-state index contributed by atoms with van der Waals surface area (Å²) in [6.07, 6.45) is 3.23. The lowest BCUT2D eigenvalue weighted by molar-refractivity contribution is -0.117. The second kappa shape index (κ2) is 9.29. The second-order valence-electron chi connectivity index (χ2n) is 5.57. The van der Waals surface area contributed by atoms with Crippen LogP contribution in [0.1, 0.15) is 24.1 Å². The van der Waals surface area contributed by atoms with E-state index in [4.69, 9.17) is 14.2 Å². The predicted molar refractivity (Wildman–Crippen MR) is 106 cm³/mol. The molecular weight excluding hydrogens is 398 g/mol. The van der Waals surface area contributed by atoms with Gasteiger partial charge in [-0.05, 0) is 64.3 Å². The molecule has 0 unspecified atom stereocenters. The van der Waals surface area contributed by atoms with Crippen LogP contribution in [0.3, 0.4) is 0 Å². The van der Waals surface area contributed by atoms with Crippen LogP contribution in [0.15, 0.2) is 46.9 Å². The van der Waals surface area contributed by atoms with Gasteiger partial charge in [-0.1, -0.05) is 12.1 Å². The predicted octanol–water partition coefficient (Wildman–Crippen LogP) is 4.37. The maximum atomic E-state index is 12.2. The molecule has 0 fully saturated rings. The van der Waals surface area contributed by atoms with E-state index in [9.17, 15) is 4.79 Å². The Kier molecular flexibility index (Phi) is 7.09. The lowest BCUT2D eigenvalue weighted by atomic mass is 10.1. The van der Waals surface area contributed by atoms with E-state index >= 15 is 0 Å². The van der Waals surface area contributed by atoms with Crippen molar-refractivity contribution in [1.29, 1.82) is 0 Å². The third-order valence-electron chi connectivity index (χ3n) is 3.87. The molecule has 138 valence electrons. The highest BCUT2D eigenvalue weighted by Crippen LogP contribution is 2.29. The Labute approximate surface area is 162 Å². The maximum absolute atomic E-state index is 12.2. The Balaban J connectivity index is 2.03. The van der Waals surface area contributed by atoms with Gasteiger partial charge >= 0.3 is 0 Å². The lowest BCUT2D eigenvalue weighted by Gasteiger charge is -2.14. The molecule has 0 aromatic heterocycles. The minimum absolute atomic E-state index is 0.139. The minimum atomic E-state index is -0.181. The molecule has 0 heterocycles. The Hall–Kier alpha value is -2.47. The summed E-state index contributed by atoms with van der Waals surface area (Å²) in [5.74, 6) is 1.83. The van der Waals surface area contributed by atoms with Crippen LogP contribution in [0.2, 0.25) is 0 Å². The van der Waals surface area contributed by atoms with Crippen molar-refractivity contribution in [2.45, 2.75) is 13.0 Å². The number of hydrogen-bond acceptors (Lipinski definition) is 4. The van der Waals surface area contributed by atoms with Crippen LogP contribution >= 0.6 is 15.9 Å². The molecule has 1 N–H and O–H groups in total. The second-order valence-corrected chi connectivity index (χ2v) is 6.43. The number of carbonyl (C=O) groups excluding carboxylic acids is 1. The van der Waals surface area contributed by atoms with Gasteiger partial charge in [0.25, 0.3) is 0 Å². The molecule has 1 atom stereocenters. The van der Waals surface area contributed by atoms with Crippen molar-refractivity contribution in [1.82, 2.24) is 5.32 Å². The highest BCUT2D eigenvalue weighted by Gasteiger charge is 2.10. The summed E-state index contributed by atoms with van der Waals surface area (Å²) in [5.41, 5.74) is 1.82. The quantitative estimate of drug-likeness (QED) is 0.677. The normalized spacial score (nSPS) is 11.9. The topological polar surface area (TPSA) is 56.8 Å². The van der Waals surface area contributed by atoms with E-state index < -0.39 is 0 Å². The van der Waals surface area contributed by atoms with Crippen LogP contribution in [-0.4, -0.2) is 27.2 Å². The summed E-state index contributed by atoms with van der Waals surface area (Å²) in [6.45, 7) is 1.93. The Morgan fingerprint density at radius 3 is 2.27 bits per heavy atom. The van der Waals surface area contributed by atoms with Crippen LogP contribution in [0.25, 0.3) is 6.08 Å². The van der Waals surface area contributed by atoms with E-state index in [1.165, 1.54) is 6.08 Å². The number of ether oxygens (including phenoxy) is 3. The highest BCUT2D eigenvalue weighted by molar-refractivity contribution is 9.10. The molecule has 5 nitrogen and oxygen atoms in total. The largest absolute Gasteiger partial charge is 0.496 e. The average molecular weight is 420 g/mol. The molecule has 2 aromatic carbocycles. The fourth-order valence-electron chi connectivity index (χ4n) is 2.43. The van der Waals surface area contributed by atoms with Gasteiger partial charge in [0.1, 0.15) is 5.75 Å². The molecule has 0 saturated heterocycles. The van der Waals surface area contributed by atoms with E-state index in [1.54, 1.807) is 33.5 Å². The maximum Gasteiger partial charge on any atom is 0.244 e. The molecule has 0 saturated carbocycles. The van der Waals surface area contributed by atoms with Gasteiger partial charge in [-0.15, -0.1) is 0 Å². The third kappa shape index (κ3) is 5.02. The zero-order chi connectivity index (χ0) is 19.1. The van der Waals surface area contributed by atoms with Crippen molar-refractivity contribution >= 4 is 27.9 Å². The van der Waals surface area contributed by atoms with Crippen molar-refractivity contribution in [2.24, 2.45) is 0 Å². The molecule has 0 aliphatic heterocycles. The summed E-state index contributed by atoms with van der Waals surface area (Å²) < 4.78 is 16.5. The third-order valence-corrected chi connectivity index (χ3v) is 4.49. The standard InChI is InChI=1S/C20H22BrNO4/c1-13(15-7-9-17(24-2)16(21)12-15)22-20(23)10-6-14-5-8-18(25-3)19(11-14)26-4/h5-13H,1-4H3,(H,22,23)/b10-6+/t13-/m1/s1. The molecule has 0 aliphatic carbocycles. The summed E-state index contributed by atoms with van der Waals surface area (Å²) >= 11 is 3.45. The van der Waals surface area contributed by atoms with Gasteiger partial charge in [0.05, 0.1) is 31.8 Å². The van der Waals surface area contributed by atoms with Crippen LogP contribution in [-0.2, 0) is 4.79 Å². The van der Waals surface area contributed by atoms with Crippen molar-refractivity contribution in [3.05, 3.63) is 58.1 Å². The van der Waals surface area contributed by atoms with Gasteiger partial charge < -0.3 is 19.5 Å². The SMILES string of the molecule is COc1ccc([C@@H](C)NC(=O)/C=C/c2ccc(OC)c(OC)c2)cc1Br. The van der Waals surface area contributed by atoms with Crippen molar-refractivity contribution in [3.63, 3.8) is 0 Å². The number of hydrogen-bond donors (Lipinski definition) is 1. The van der Waals surface area contributed by atoms with E-state index in [-0.39, 0.29) is 11.9 Å². The lowest BCUT2D eigenvalue weighted by Crippen LogP contribution is -2.24. The smallest absolute Gasteiger partial charge is 0.244 e. The van der Waals surface area contributed by atoms with Gasteiger partial charge in [0.2, 0.25) is 5.91 Å². The first-order chi connectivity index (χ1) is 12.5. The van der Waals surface area contributed by atoms with Gasteiger partial charge in [-0.25, -0.2) is 0 Å². The Morgan fingerprint density at radius 1 is 1.00 bits per heavy atom. The van der Waals surface area contributed by atoms with Crippen LogP contribution < -0.4 is 19.5 Å². The van der Waals surface area contributed by atoms with Crippen LogP contribution in [0, 0.1) is 0 Å². The monoisotopic (exact) mass is 419 g/mol. The minimum Gasteiger partial charge on any atom is -0.496 e. The van der Waals surface area contributed by atoms with Crippen molar-refractivity contribution < 1.29 is 19.0 Å². The molecular formula is C20H22BrNO4. The molecule has 2 aromatic rings. The number of carbonyl (C=O) groups is 1. The first-order valence-corrected chi connectivity index (χ1v) is 8.81. The first-order valence-electron chi connectivity index (χ1n) is 8.02. The molecule has 0 radical (unpaired) electrons. The van der Waals surface area contributed by atoms with E-state index in [0.717, 1.165) is 21.3 Å². The van der Waals surface area contributed by atoms with Gasteiger partial charge in [0, 0.05) is 6.08 Å². The average Bonchev–Trinajstić information content (AvgIpc) is 2.65. The Morgan fingerprint density at radius 2 is 1.65 bits per heavy atom. The fraction of sp³-hybridized carbons (Fsp3) is 0.250. The van der Waals surface area contributed by atoms with Gasteiger partial charge in [0.15, 0.2) is 11.5 Å². The van der Waals surface area contributed by atoms with E-state index in [0.29, 0.717) is 11.5 Å². The van der Waals surface area contributed by atoms with Crippen molar-refractivity contribution in [3.8, 4) is 17.2 Å². The Bertz CT molecular complexity index is 804. The van der Waals surface area contributed by atoms with Crippen LogP contribution in [0.4, 0.5) is 0 Å². The fourth-order valence-corrected chi connectivity index (χ4v) is 2.98. The molecule has 2 rings (SSSR count). The summed E-state index contributed by atoms with van der Waals surface area (Å²) in [7, 11) is 4.77. The van der Waals surface area contributed by atoms with Gasteiger partial charge in [-0.2, -0.15) is 0 Å². The summed E-state index contributed by atoms with van der Waals surface area (Å²) in [5, 5.41) is 2.94. The highest BCUT2D eigenvalue weighted by atomic mass is 79.9. The molecule has 0 bridgehead atoms. The molecule has 26 heavy (non-hydrogen) atoms. The van der Waals surface area contributed by atoms with Crippen LogP contribution in [0.5, 0.6) is 17.2 Å². The molecule has 1 amide bonds. The molecule has 0 spiro atoms. The number of methoxy groups -OCH3 is 3. The number of benzene rings is 2. The number of halogens is 1. The number of nitrogens with one attached hydrogen (secondary N) is 1. The van der Waals surface area contributed by atoms with E-state index in [2.05, 4.69) is 21.2 Å². The van der Waals surface area contributed by atoms with Gasteiger partial charge in [-0.3, -0.25) is 4.79 Å². The van der Waals surface area contributed by atoms with Crippen molar-refractivity contribution in [2.75, 3.05) is 21.3 Å². The van der Waals surface area contributed by atoms with E-state index in [1.807, 2.05) is 37.3 Å². The molecule has 6 heteroatoms.